The van der Waals surface area contributed by atoms with Crippen molar-refractivity contribution >= 4 is 23.4 Å². The van der Waals surface area contributed by atoms with Crippen LogP contribution in [0.1, 0.15) is 29.4 Å². The summed E-state index contributed by atoms with van der Waals surface area (Å²) in [7, 11) is 1.61. The Morgan fingerprint density at radius 2 is 1.92 bits per heavy atom. The van der Waals surface area contributed by atoms with E-state index in [2.05, 4.69) is 9.59 Å². The first kappa shape index (κ1) is 18.3. The summed E-state index contributed by atoms with van der Waals surface area (Å²) >= 11 is 1.10. The van der Waals surface area contributed by atoms with Crippen LogP contribution in [0.2, 0.25) is 0 Å². The molecule has 1 aromatic heterocycles. The Kier molecular flexibility index (Phi) is 5.82. The largest absolute Gasteiger partial charge is 0.497 e. The number of aromatic nitrogens is 2. The second kappa shape index (κ2) is 8.27. The second-order valence-corrected chi connectivity index (χ2v) is 6.75. The van der Waals surface area contributed by atoms with E-state index in [4.69, 9.17) is 9.47 Å². The number of carbonyl (C=O) groups is 2. The minimum Gasteiger partial charge on any atom is -0.497 e. The molecule has 0 aliphatic carbocycles. The molecule has 8 heteroatoms. The maximum atomic E-state index is 12.9. The number of nitrogens with zero attached hydrogens (tertiary/aromatic N) is 3. The van der Waals surface area contributed by atoms with Crippen molar-refractivity contribution < 1.29 is 19.1 Å². The quantitative estimate of drug-likeness (QED) is 0.747. The topological polar surface area (TPSA) is 81.6 Å². The van der Waals surface area contributed by atoms with Crippen LogP contribution in [-0.4, -0.2) is 53.2 Å². The first-order valence-electron chi connectivity index (χ1n) is 8.56. The molecule has 1 saturated heterocycles. The van der Waals surface area contributed by atoms with Gasteiger partial charge in [0.05, 0.1) is 19.6 Å². The van der Waals surface area contributed by atoms with Crippen LogP contribution in [0.3, 0.4) is 0 Å². The van der Waals surface area contributed by atoms with Crippen LogP contribution in [-0.2, 0) is 9.53 Å². The molecule has 0 unspecified atom stereocenters. The van der Waals surface area contributed by atoms with E-state index in [1.165, 1.54) is 0 Å². The molecular formula is C18H21N3O4S. The molecule has 0 bridgehead atoms. The molecule has 0 N–H and O–H groups in total. The first-order chi connectivity index (χ1) is 12.6. The molecule has 7 nitrogen and oxygen atoms in total. The summed E-state index contributed by atoms with van der Waals surface area (Å²) in [5, 5.41) is 4.13. The summed E-state index contributed by atoms with van der Waals surface area (Å²) in [4.78, 5) is 27.0. The van der Waals surface area contributed by atoms with Crippen LogP contribution in [0.15, 0.2) is 24.3 Å². The van der Waals surface area contributed by atoms with Crippen molar-refractivity contribution in [3.8, 4) is 17.0 Å². The average molecular weight is 375 g/mol. The summed E-state index contributed by atoms with van der Waals surface area (Å²) in [5.74, 6) is 0.358. The average Bonchev–Trinajstić information content (AvgIpc) is 3.17. The van der Waals surface area contributed by atoms with Gasteiger partial charge in [-0.05, 0) is 55.6 Å². The number of esters is 1. The van der Waals surface area contributed by atoms with Crippen LogP contribution in [0.5, 0.6) is 5.75 Å². The number of hydrogen-bond donors (Lipinski definition) is 0. The van der Waals surface area contributed by atoms with Crippen LogP contribution in [0, 0.1) is 5.92 Å². The van der Waals surface area contributed by atoms with Gasteiger partial charge in [-0.25, -0.2) is 0 Å². The Labute approximate surface area is 156 Å². The Hall–Kier alpha value is -2.48. The maximum Gasteiger partial charge on any atom is 0.309 e. The lowest BCUT2D eigenvalue weighted by Gasteiger charge is -2.30. The molecule has 3 rings (SSSR count). The smallest absolute Gasteiger partial charge is 0.309 e. The number of benzene rings is 1. The Bertz CT molecular complexity index is 767. The highest BCUT2D eigenvalue weighted by molar-refractivity contribution is 7.08. The number of piperidine rings is 1. The van der Waals surface area contributed by atoms with Crippen LogP contribution in [0.4, 0.5) is 0 Å². The number of amides is 1. The van der Waals surface area contributed by atoms with Gasteiger partial charge < -0.3 is 14.4 Å². The number of rotatable bonds is 5. The van der Waals surface area contributed by atoms with Crippen molar-refractivity contribution in [2.24, 2.45) is 5.92 Å². The molecule has 1 aliphatic heterocycles. The predicted octanol–water partition coefficient (Wildman–Crippen LogP) is 2.63. The molecular weight excluding hydrogens is 354 g/mol. The van der Waals surface area contributed by atoms with Gasteiger partial charge in [0.15, 0.2) is 0 Å². The van der Waals surface area contributed by atoms with Crippen LogP contribution < -0.4 is 4.74 Å². The van der Waals surface area contributed by atoms with Gasteiger partial charge in [-0.3, -0.25) is 9.59 Å². The highest BCUT2D eigenvalue weighted by Gasteiger charge is 2.30. The van der Waals surface area contributed by atoms with Gasteiger partial charge in [0.1, 0.15) is 16.3 Å². The van der Waals surface area contributed by atoms with E-state index in [9.17, 15) is 9.59 Å². The lowest BCUT2D eigenvalue weighted by molar-refractivity contribution is -0.149. The lowest BCUT2D eigenvalue weighted by atomic mass is 9.97. The van der Waals surface area contributed by atoms with E-state index in [1.807, 2.05) is 24.3 Å². The normalized spacial score (nSPS) is 14.9. The van der Waals surface area contributed by atoms with Crippen LogP contribution in [0.25, 0.3) is 11.3 Å². The first-order valence-corrected chi connectivity index (χ1v) is 9.34. The molecule has 1 fully saturated rings. The number of likely N-dealkylation sites (tertiary alicyclic amines) is 1. The summed E-state index contributed by atoms with van der Waals surface area (Å²) in [5.41, 5.74) is 1.40. The maximum absolute atomic E-state index is 12.9. The van der Waals surface area contributed by atoms with E-state index >= 15 is 0 Å². The molecule has 1 amide bonds. The Balaban J connectivity index is 1.70. The molecule has 0 radical (unpaired) electrons. The van der Waals surface area contributed by atoms with E-state index in [1.54, 1.807) is 18.9 Å². The third-order valence-corrected chi connectivity index (χ3v) is 5.16. The fourth-order valence-corrected chi connectivity index (χ4v) is 3.65. The second-order valence-electron chi connectivity index (χ2n) is 6.00. The molecule has 1 aliphatic rings. The molecule has 138 valence electrons. The SMILES string of the molecule is CCOC(=O)C1CCN(C(=O)c2snnc2-c2ccc(OC)cc2)CC1. The number of carbonyl (C=O) groups excluding carboxylic acids is 2. The van der Waals surface area contributed by atoms with E-state index in [-0.39, 0.29) is 17.8 Å². The monoisotopic (exact) mass is 375 g/mol. The van der Waals surface area contributed by atoms with Crippen molar-refractivity contribution in [2.75, 3.05) is 26.8 Å². The van der Waals surface area contributed by atoms with E-state index in [0.29, 0.717) is 43.1 Å². The number of hydrogen-bond acceptors (Lipinski definition) is 7. The van der Waals surface area contributed by atoms with Gasteiger partial charge in [-0.15, -0.1) is 5.10 Å². The summed E-state index contributed by atoms with van der Waals surface area (Å²) in [6.45, 7) is 3.24. The van der Waals surface area contributed by atoms with Crippen molar-refractivity contribution in [1.29, 1.82) is 0 Å². The van der Waals surface area contributed by atoms with Gasteiger partial charge in [-0.2, -0.15) is 0 Å². The molecule has 1 aromatic carbocycles. The molecule has 2 heterocycles. The number of ether oxygens (including phenoxy) is 2. The standard InChI is InChI=1S/C18H21N3O4S/c1-3-25-18(23)13-8-10-21(11-9-13)17(22)16-15(19-20-26-16)12-4-6-14(24-2)7-5-12/h4-7,13H,3,8-11H2,1-2H3. The zero-order chi connectivity index (χ0) is 18.5. The van der Waals surface area contributed by atoms with Crippen molar-refractivity contribution in [3.63, 3.8) is 0 Å². The zero-order valence-electron chi connectivity index (χ0n) is 14.8. The third-order valence-electron chi connectivity index (χ3n) is 4.45. The minimum atomic E-state index is -0.169. The van der Waals surface area contributed by atoms with Crippen molar-refractivity contribution in [3.05, 3.63) is 29.1 Å². The van der Waals surface area contributed by atoms with Gasteiger partial charge in [-0.1, -0.05) is 4.49 Å². The van der Waals surface area contributed by atoms with Crippen molar-refractivity contribution in [2.45, 2.75) is 19.8 Å². The Morgan fingerprint density at radius 1 is 1.23 bits per heavy atom. The van der Waals surface area contributed by atoms with Gasteiger partial charge in [0.2, 0.25) is 0 Å². The third kappa shape index (κ3) is 3.85. The Morgan fingerprint density at radius 3 is 2.54 bits per heavy atom. The zero-order valence-corrected chi connectivity index (χ0v) is 15.6. The molecule has 26 heavy (non-hydrogen) atoms. The molecule has 2 aromatic rings. The fourth-order valence-electron chi connectivity index (χ4n) is 2.99. The van der Waals surface area contributed by atoms with Crippen LogP contribution >= 0.6 is 11.5 Å². The van der Waals surface area contributed by atoms with Gasteiger partial charge in [0, 0.05) is 18.7 Å². The highest BCUT2D eigenvalue weighted by atomic mass is 32.1. The summed E-state index contributed by atoms with van der Waals surface area (Å²) in [6.07, 6.45) is 1.24. The van der Waals surface area contributed by atoms with Gasteiger partial charge >= 0.3 is 5.97 Å². The van der Waals surface area contributed by atoms with Gasteiger partial charge in [0.25, 0.3) is 5.91 Å². The fraction of sp³-hybridized carbons (Fsp3) is 0.444. The van der Waals surface area contributed by atoms with E-state index < -0.39 is 0 Å². The number of methoxy groups -OCH3 is 1. The molecule has 0 spiro atoms. The summed E-state index contributed by atoms with van der Waals surface area (Å²) < 4.78 is 14.2. The molecule has 0 atom stereocenters. The van der Waals surface area contributed by atoms with E-state index in [0.717, 1.165) is 22.8 Å². The summed E-state index contributed by atoms with van der Waals surface area (Å²) in [6, 6.07) is 7.38. The molecule has 0 saturated carbocycles. The predicted molar refractivity (Wildman–Crippen MR) is 97.2 cm³/mol. The van der Waals surface area contributed by atoms with Crippen molar-refractivity contribution in [1.82, 2.24) is 14.5 Å². The minimum absolute atomic E-state index is 0.0897. The lowest BCUT2D eigenvalue weighted by Crippen LogP contribution is -2.40. The highest BCUT2D eigenvalue weighted by Crippen LogP contribution is 2.28.